The number of carbonyl (C=O) groups excluding carboxylic acids is 1. The van der Waals surface area contributed by atoms with Crippen molar-refractivity contribution >= 4 is 17.6 Å². The molecule has 0 spiro atoms. The molecule has 0 bridgehead atoms. The van der Waals surface area contributed by atoms with Gasteiger partial charge in [-0.05, 0) is 50.3 Å². The summed E-state index contributed by atoms with van der Waals surface area (Å²) in [5.41, 5.74) is 0.383. The highest BCUT2D eigenvalue weighted by molar-refractivity contribution is 5.91. The molecule has 0 atom stereocenters. The van der Waals surface area contributed by atoms with E-state index in [1.165, 1.54) is 12.8 Å². The minimum Gasteiger partial charge on any atom is -0.481 e. The van der Waals surface area contributed by atoms with Crippen molar-refractivity contribution < 1.29 is 19.4 Å². The van der Waals surface area contributed by atoms with Crippen molar-refractivity contribution in [2.45, 2.75) is 32.1 Å². The molecule has 21 heavy (non-hydrogen) atoms. The molecule has 114 valence electrons. The number of aliphatic carboxylic acids is 1. The van der Waals surface area contributed by atoms with Crippen LogP contribution < -0.4 is 5.32 Å². The van der Waals surface area contributed by atoms with Gasteiger partial charge < -0.3 is 15.2 Å². The minimum absolute atomic E-state index is 0.0544. The van der Waals surface area contributed by atoms with Gasteiger partial charge in [-0.3, -0.25) is 9.59 Å². The Balaban J connectivity index is 1.86. The zero-order valence-corrected chi connectivity index (χ0v) is 12.4. The molecule has 5 heteroatoms. The van der Waals surface area contributed by atoms with E-state index in [0.29, 0.717) is 23.8 Å². The molecule has 1 aliphatic carbocycles. The normalized spacial score (nSPS) is 14.8. The summed E-state index contributed by atoms with van der Waals surface area (Å²) in [5.74, 6) is -0.441. The van der Waals surface area contributed by atoms with Crippen molar-refractivity contribution in [3.63, 3.8) is 0 Å². The Labute approximate surface area is 124 Å². The Bertz CT molecular complexity index is 518. The van der Waals surface area contributed by atoms with Gasteiger partial charge in [0.1, 0.15) is 6.61 Å². The molecule has 1 amide bonds. The fraction of sp³-hybridized carbons (Fsp3) is 0.500. The summed E-state index contributed by atoms with van der Waals surface area (Å²) < 4.78 is 5.31. The van der Waals surface area contributed by atoms with Gasteiger partial charge in [0.15, 0.2) is 0 Å². The molecule has 0 unspecified atom stereocenters. The van der Waals surface area contributed by atoms with E-state index < -0.39 is 11.4 Å². The molecular formula is C16H21NO4. The van der Waals surface area contributed by atoms with Gasteiger partial charge in [-0.1, -0.05) is 12.1 Å². The number of hydrogen-bond acceptors (Lipinski definition) is 3. The molecule has 0 aromatic heterocycles. The number of nitrogens with one attached hydrogen (secondary N) is 1. The average molecular weight is 291 g/mol. The predicted molar refractivity (Wildman–Crippen MR) is 79.3 cm³/mol. The first kappa shape index (κ1) is 15.5. The van der Waals surface area contributed by atoms with Crippen LogP contribution in [-0.2, 0) is 19.7 Å². The molecule has 1 saturated carbocycles. The second-order valence-electron chi connectivity index (χ2n) is 6.01. The Morgan fingerprint density at radius 2 is 1.90 bits per heavy atom. The maximum atomic E-state index is 11.7. The van der Waals surface area contributed by atoms with Gasteiger partial charge in [-0.2, -0.15) is 0 Å². The fourth-order valence-corrected chi connectivity index (χ4v) is 1.89. The summed E-state index contributed by atoms with van der Waals surface area (Å²) in [6.45, 7) is 4.00. The first-order valence-corrected chi connectivity index (χ1v) is 7.11. The van der Waals surface area contributed by atoms with Crippen molar-refractivity contribution in [3.8, 4) is 0 Å². The molecule has 0 radical (unpaired) electrons. The van der Waals surface area contributed by atoms with Crippen molar-refractivity contribution in [1.82, 2.24) is 0 Å². The second-order valence-corrected chi connectivity index (χ2v) is 6.01. The van der Waals surface area contributed by atoms with Gasteiger partial charge in [-0.25, -0.2) is 0 Å². The third-order valence-electron chi connectivity index (χ3n) is 3.71. The van der Waals surface area contributed by atoms with Gasteiger partial charge in [0, 0.05) is 5.69 Å². The molecule has 0 saturated heterocycles. The Morgan fingerprint density at radius 1 is 1.29 bits per heavy atom. The Morgan fingerprint density at radius 3 is 2.43 bits per heavy atom. The lowest BCUT2D eigenvalue weighted by atomic mass is 9.85. The minimum atomic E-state index is -0.948. The van der Waals surface area contributed by atoms with E-state index in [1.807, 2.05) is 0 Å². The van der Waals surface area contributed by atoms with Crippen LogP contribution >= 0.6 is 0 Å². The Hall–Kier alpha value is -1.88. The first-order valence-electron chi connectivity index (χ1n) is 7.11. The lowest BCUT2D eigenvalue weighted by Crippen LogP contribution is -2.28. The van der Waals surface area contributed by atoms with Crippen LogP contribution in [0.3, 0.4) is 0 Å². The summed E-state index contributed by atoms with van der Waals surface area (Å²) in [7, 11) is 0. The van der Waals surface area contributed by atoms with Crippen LogP contribution in [0.2, 0.25) is 0 Å². The quantitative estimate of drug-likeness (QED) is 0.809. The second kappa shape index (κ2) is 6.26. The number of anilines is 1. The number of hydrogen-bond donors (Lipinski definition) is 2. The highest BCUT2D eigenvalue weighted by Gasteiger charge is 2.29. The van der Waals surface area contributed by atoms with Crippen molar-refractivity contribution in [2.75, 3.05) is 18.5 Å². The third kappa shape index (κ3) is 4.29. The monoisotopic (exact) mass is 291 g/mol. The lowest BCUT2D eigenvalue weighted by Gasteiger charge is -2.19. The Kier molecular flexibility index (Phi) is 4.63. The largest absolute Gasteiger partial charge is 0.481 e. The van der Waals surface area contributed by atoms with E-state index in [0.717, 1.165) is 0 Å². The fourth-order valence-electron chi connectivity index (χ4n) is 1.89. The SMILES string of the molecule is CC(C)(C(=O)O)c1ccc(NC(=O)COCC2CC2)cc1. The summed E-state index contributed by atoms with van der Waals surface area (Å²) in [6.07, 6.45) is 2.39. The van der Waals surface area contributed by atoms with E-state index in [4.69, 9.17) is 4.74 Å². The van der Waals surface area contributed by atoms with Crippen molar-refractivity contribution in [3.05, 3.63) is 29.8 Å². The third-order valence-corrected chi connectivity index (χ3v) is 3.71. The maximum Gasteiger partial charge on any atom is 0.313 e. The van der Waals surface area contributed by atoms with Crippen LogP contribution in [0.1, 0.15) is 32.3 Å². The number of ether oxygens (including phenoxy) is 1. The van der Waals surface area contributed by atoms with Gasteiger partial charge in [0.05, 0.1) is 12.0 Å². The van der Waals surface area contributed by atoms with Gasteiger partial charge in [0.25, 0.3) is 0 Å². The van der Waals surface area contributed by atoms with Gasteiger partial charge >= 0.3 is 5.97 Å². The molecule has 2 N–H and O–H groups in total. The van der Waals surface area contributed by atoms with Crippen LogP contribution in [0.15, 0.2) is 24.3 Å². The number of carboxylic acids is 1. The summed E-state index contributed by atoms with van der Waals surface area (Å²) in [6, 6.07) is 6.85. The highest BCUT2D eigenvalue weighted by atomic mass is 16.5. The molecule has 2 rings (SSSR count). The number of carbonyl (C=O) groups is 2. The van der Waals surface area contributed by atoms with Crippen LogP contribution in [0.25, 0.3) is 0 Å². The van der Waals surface area contributed by atoms with E-state index in [2.05, 4.69) is 5.32 Å². The van der Waals surface area contributed by atoms with Crippen LogP contribution in [0.4, 0.5) is 5.69 Å². The van der Waals surface area contributed by atoms with Crippen LogP contribution in [0, 0.1) is 5.92 Å². The molecule has 0 heterocycles. The maximum absolute atomic E-state index is 11.7. The first-order chi connectivity index (χ1) is 9.89. The number of carboxylic acid groups (broad SMARTS) is 1. The highest BCUT2D eigenvalue weighted by Crippen LogP contribution is 2.28. The van der Waals surface area contributed by atoms with E-state index in [1.54, 1.807) is 38.1 Å². The molecule has 0 aliphatic heterocycles. The smallest absolute Gasteiger partial charge is 0.313 e. The van der Waals surface area contributed by atoms with Crippen molar-refractivity contribution in [1.29, 1.82) is 0 Å². The zero-order valence-electron chi connectivity index (χ0n) is 12.4. The topological polar surface area (TPSA) is 75.6 Å². The molecule has 5 nitrogen and oxygen atoms in total. The molecule has 1 aliphatic rings. The average Bonchev–Trinajstić information content (AvgIpc) is 3.23. The van der Waals surface area contributed by atoms with E-state index >= 15 is 0 Å². The van der Waals surface area contributed by atoms with Crippen LogP contribution in [-0.4, -0.2) is 30.2 Å². The molecular weight excluding hydrogens is 270 g/mol. The summed E-state index contributed by atoms with van der Waals surface area (Å²) >= 11 is 0. The van der Waals surface area contributed by atoms with E-state index in [-0.39, 0.29) is 12.5 Å². The van der Waals surface area contributed by atoms with Gasteiger partial charge in [0.2, 0.25) is 5.91 Å². The molecule has 1 aromatic rings. The standard InChI is InChI=1S/C16H21NO4/c1-16(2,15(19)20)12-5-7-13(8-6-12)17-14(18)10-21-9-11-3-4-11/h5-8,11H,3-4,9-10H2,1-2H3,(H,17,18)(H,19,20). The molecule has 1 fully saturated rings. The molecule has 1 aromatic carbocycles. The number of benzene rings is 1. The predicted octanol–water partition coefficient (Wildman–Crippen LogP) is 2.41. The lowest BCUT2D eigenvalue weighted by molar-refractivity contribution is -0.142. The van der Waals surface area contributed by atoms with Crippen molar-refractivity contribution in [2.24, 2.45) is 5.92 Å². The summed E-state index contributed by atoms with van der Waals surface area (Å²) in [5, 5.41) is 11.9. The zero-order chi connectivity index (χ0) is 15.5. The number of rotatable bonds is 7. The summed E-state index contributed by atoms with van der Waals surface area (Å²) in [4.78, 5) is 22.9. The number of amides is 1. The van der Waals surface area contributed by atoms with E-state index in [9.17, 15) is 14.7 Å². The van der Waals surface area contributed by atoms with Crippen LogP contribution in [0.5, 0.6) is 0 Å². The van der Waals surface area contributed by atoms with Gasteiger partial charge in [-0.15, -0.1) is 0 Å².